The molecule has 0 bridgehead atoms. The molecule has 0 radical (unpaired) electrons. The largest absolute Gasteiger partial charge is 0.466 e. The predicted octanol–water partition coefficient (Wildman–Crippen LogP) is 1.51. The van der Waals surface area contributed by atoms with Crippen molar-refractivity contribution >= 4 is 17.0 Å². The number of aliphatic hydroxyl groups excluding tert-OH is 1. The third-order valence-electron chi connectivity index (χ3n) is 3.99. The van der Waals surface area contributed by atoms with Crippen LogP contribution in [-0.4, -0.2) is 32.7 Å². The fourth-order valence-electron chi connectivity index (χ4n) is 2.68. The van der Waals surface area contributed by atoms with E-state index in [1.54, 1.807) is 4.68 Å². The molecule has 1 saturated carbocycles. The highest BCUT2D eigenvalue weighted by Gasteiger charge is 2.38. The first-order chi connectivity index (χ1) is 9.66. The third-order valence-corrected chi connectivity index (χ3v) is 3.99. The van der Waals surface area contributed by atoms with E-state index in [1.165, 1.54) is 6.92 Å². The highest BCUT2D eigenvalue weighted by Crippen LogP contribution is 2.41. The summed E-state index contributed by atoms with van der Waals surface area (Å²) in [5, 5.41) is 18.6. The molecule has 2 unspecified atom stereocenters. The first kappa shape index (κ1) is 13.1. The van der Waals surface area contributed by atoms with Crippen molar-refractivity contribution in [3.8, 4) is 0 Å². The standard InChI is InChI=1S/C14H17N3O3/c1-9(18)20-8-10-6-7-11(10)14(19)17-13-5-3-2-4-12(13)15-16-17/h2-5,10-11,14,19H,6-8H2,1H3/t10?,11?,14-/m0/s1. The van der Waals surface area contributed by atoms with Crippen molar-refractivity contribution < 1.29 is 14.6 Å². The molecule has 0 amide bonds. The van der Waals surface area contributed by atoms with Crippen LogP contribution in [0.1, 0.15) is 26.0 Å². The lowest BCUT2D eigenvalue weighted by Crippen LogP contribution is -2.37. The molecular formula is C14H17N3O3. The zero-order valence-electron chi connectivity index (χ0n) is 11.3. The highest BCUT2D eigenvalue weighted by atomic mass is 16.5. The van der Waals surface area contributed by atoms with Crippen molar-refractivity contribution in [1.29, 1.82) is 0 Å². The lowest BCUT2D eigenvalue weighted by molar-refractivity contribution is -0.147. The SMILES string of the molecule is CC(=O)OCC1CCC1[C@H](O)n1nnc2ccccc21. The molecule has 0 spiro atoms. The van der Waals surface area contributed by atoms with Gasteiger partial charge >= 0.3 is 5.97 Å². The Bertz CT molecular complexity index is 625. The Labute approximate surface area is 116 Å². The number of carbonyl (C=O) groups excluding carboxylic acids is 1. The maximum Gasteiger partial charge on any atom is 0.302 e. The normalized spacial score (nSPS) is 23.3. The van der Waals surface area contributed by atoms with Crippen LogP contribution in [0.2, 0.25) is 0 Å². The Kier molecular flexibility index (Phi) is 3.40. The maximum absolute atomic E-state index is 10.9. The molecule has 106 valence electrons. The summed E-state index contributed by atoms with van der Waals surface area (Å²) < 4.78 is 6.59. The Morgan fingerprint density at radius 2 is 2.30 bits per heavy atom. The molecule has 6 heteroatoms. The second-order valence-electron chi connectivity index (χ2n) is 5.24. The summed E-state index contributed by atoms with van der Waals surface area (Å²) in [6, 6.07) is 7.54. The number of hydrogen-bond acceptors (Lipinski definition) is 5. The van der Waals surface area contributed by atoms with Gasteiger partial charge in [-0.25, -0.2) is 4.68 Å². The van der Waals surface area contributed by atoms with Gasteiger partial charge < -0.3 is 9.84 Å². The van der Waals surface area contributed by atoms with Crippen LogP contribution in [0, 0.1) is 11.8 Å². The molecule has 1 fully saturated rings. The van der Waals surface area contributed by atoms with E-state index < -0.39 is 6.23 Å². The zero-order chi connectivity index (χ0) is 14.1. The van der Waals surface area contributed by atoms with Crippen molar-refractivity contribution in [2.45, 2.75) is 26.0 Å². The van der Waals surface area contributed by atoms with Gasteiger partial charge in [-0.1, -0.05) is 17.3 Å². The molecule has 1 heterocycles. The van der Waals surface area contributed by atoms with Crippen molar-refractivity contribution in [1.82, 2.24) is 15.0 Å². The van der Waals surface area contributed by atoms with E-state index in [4.69, 9.17) is 4.74 Å². The van der Waals surface area contributed by atoms with Crippen molar-refractivity contribution in [2.24, 2.45) is 11.8 Å². The zero-order valence-corrected chi connectivity index (χ0v) is 11.3. The Hall–Kier alpha value is -1.95. The summed E-state index contributed by atoms with van der Waals surface area (Å²) in [5.74, 6) is -0.0346. The van der Waals surface area contributed by atoms with Gasteiger partial charge in [0.2, 0.25) is 0 Å². The van der Waals surface area contributed by atoms with Crippen molar-refractivity contribution in [3.63, 3.8) is 0 Å². The lowest BCUT2D eigenvalue weighted by Gasteiger charge is -2.38. The van der Waals surface area contributed by atoms with Gasteiger partial charge in [0.15, 0.2) is 6.23 Å². The van der Waals surface area contributed by atoms with Gasteiger partial charge in [-0.3, -0.25) is 4.79 Å². The van der Waals surface area contributed by atoms with Crippen LogP contribution < -0.4 is 0 Å². The third kappa shape index (κ3) is 2.27. The molecule has 0 saturated heterocycles. The van der Waals surface area contributed by atoms with Gasteiger partial charge in [-0.2, -0.15) is 0 Å². The van der Waals surface area contributed by atoms with E-state index >= 15 is 0 Å². The average Bonchev–Trinajstić information content (AvgIpc) is 2.81. The topological polar surface area (TPSA) is 77.2 Å². The molecule has 1 aliphatic carbocycles. The fourth-order valence-corrected chi connectivity index (χ4v) is 2.68. The van der Waals surface area contributed by atoms with E-state index in [0.717, 1.165) is 23.9 Å². The minimum Gasteiger partial charge on any atom is -0.466 e. The monoisotopic (exact) mass is 275 g/mol. The number of fused-ring (bicyclic) bond motifs is 1. The van der Waals surface area contributed by atoms with Gasteiger partial charge in [0.05, 0.1) is 12.1 Å². The quantitative estimate of drug-likeness (QED) is 0.856. The van der Waals surface area contributed by atoms with Crippen LogP contribution in [0.5, 0.6) is 0 Å². The number of hydrogen-bond donors (Lipinski definition) is 1. The van der Waals surface area contributed by atoms with E-state index in [0.29, 0.717) is 6.61 Å². The molecule has 1 aliphatic rings. The second-order valence-corrected chi connectivity index (χ2v) is 5.24. The molecular weight excluding hydrogens is 258 g/mol. The average molecular weight is 275 g/mol. The molecule has 2 aromatic rings. The molecule has 20 heavy (non-hydrogen) atoms. The Morgan fingerprint density at radius 1 is 1.50 bits per heavy atom. The van der Waals surface area contributed by atoms with Crippen LogP contribution in [0.15, 0.2) is 24.3 Å². The molecule has 3 rings (SSSR count). The van der Waals surface area contributed by atoms with Gasteiger partial charge in [-0.05, 0) is 25.0 Å². The van der Waals surface area contributed by atoms with Crippen LogP contribution in [-0.2, 0) is 9.53 Å². The van der Waals surface area contributed by atoms with E-state index in [2.05, 4.69) is 10.3 Å². The summed E-state index contributed by atoms with van der Waals surface area (Å²) in [6.07, 6.45) is 1.14. The summed E-state index contributed by atoms with van der Waals surface area (Å²) in [7, 11) is 0. The van der Waals surface area contributed by atoms with Crippen molar-refractivity contribution in [3.05, 3.63) is 24.3 Å². The molecule has 3 atom stereocenters. The van der Waals surface area contributed by atoms with Crippen LogP contribution >= 0.6 is 0 Å². The minimum absolute atomic E-state index is 0.0551. The number of benzene rings is 1. The minimum atomic E-state index is -0.725. The molecule has 1 aromatic heterocycles. The summed E-state index contributed by atoms with van der Waals surface area (Å²) in [6.45, 7) is 1.76. The summed E-state index contributed by atoms with van der Waals surface area (Å²) >= 11 is 0. The second kappa shape index (κ2) is 5.20. The molecule has 0 aliphatic heterocycles. The van der Waals surface area contributed by atoms with Crippen molar-refractivity contribution in [2.75, 3.05) is 6.61 Å². The van der Waals surface area contributed by atoms with Crippen LogP contribution in [0.3, 0.4) is 0 Å². The Morgan fingerprint density at radius 3 is 3.00 bits per heavy atom. The number of rotatable bonds is 4. The van der Waals surface area contributed by atoms with Crippen LogP contribution in [0.25, 0.3) is 11.0 Å². The number of aliphatic hydroxyl groups is 1. The van der Waals surface area contributed by atoms with Crippen LogP contribution in [0.4, 0.5) is 0 Å². The van der Waals surface area contributed by atoms with E-state index in [-0.39, 0.29) is 17.8 Å². The Balaban J connectivity index is 1.75. The van der Waals surface area contributed by atoms with Gasteiger partial charge in [0.25, 0.3) is 0 Å². The van der Waals surface area contributed by atoms with Gasteiger partial charge in [0.1, 0.15) is 5.52 Å². The number of para-hydroxylation sites is 1. The number of esters is 1. The highest BCUT2D eigenvalue weighted by molar-refractivity contribution is 5.73. The molecule has 6 nitrogen and oxygen atoms in total. The first-order valence-electron chi connectivity index (χ1n) is 6.78. The first-order valence-corrected chi connectivity index (χ1v) is 6.78. The fraction of sp³-hybridized carbons (Fsp3) is 0.500. The number of carbonyl (C=O) groups is 1. The van der Waals surface area contributed by atoms with Gasteiger partial charge in [-0.15, -0.1) is 5.10 Å². The van der Waals surface area contributed by atoms with E-state index in [1.807, 2.05) is 24.3 Å². The summed E-state index contributed by atoms with van der Waals surface area (Å²) in [4.78, 5) is 10.9. The number of nitrogens with zero attached hydrogens (tertiary/aromatic N) is 3. The number of aromatic nitrogens is 3. The smallest absolute Gasteiger partial charge is 0.302 e. The van der Waals surface area contributed by atoms with E-state index in [9.17, 15) is 9.90 Å². The lowest BCUT2D eigenvalue weighted by atomic mass is 9.73. The predicted molar refractivity (Wildman–Crippen MR) is 71.6 cm³/mol. The molecule has 1 N–H and O–H groups in total. The number of ether oxygens (including phenoxy) is 1. The van der Waals surface area contributed by atoms with Gasteiger partial charge in [0, 0.05) is 18.8 Å². The molecule has 1 aromatic carbocycles. The maximum atomic E-state index is 10.9. The summed E-state index contributed by atoms with van der Waals surface area (Å²) in [5.41, 5.74) is 1.58.